The molecule has 4 heteroatoms. The molecule has 3 nitrogen and oxygen atoms in total. The maximum absolute atomic E-state index is 12.6. The number of hydrogen-bond acceptors (Lipinski definition) is 2. The molecule has 0 aliphatic heterocycles. The highest BCUT2D eigenvalue weighted by Gasteiger charge is 2.27. The highest BCUT2D eigenvalue weighted by Crippen LogP contribution is 2.21. The van der Waals surface area contributed by atoms with Crippen molar-refractivity contribution >= 4 is 28.4 Å². The number of alkyl halides is 1. The lowest BCUT2D eigenvalue weighted by atomic mass is 9.94. The lowest BCUT2D eigenvalue weighted by molar-refractivity contribution is 0.0904. The van der Waals surface area contributed by atoms with Crippen molar-refractivity contribution in [2.24, 2.45) is 0 Å². The molecule has 20 heavy (non-hydrogen) atoms. The van der Waals surface area contributed by atoms with Gasteiger partial charge < -0.3 is 5.32 Å². The molecule has 1 aromatic heterocycles. The molecule has 1 heterocycles. The van der Waals surface area contributed by atoms with E-state index >= 15 is 0 Å². The zero-order valence-electron chi connectivity index (χ0n) is 11.8. The molecule has 0 bridgehead atoms. The van der Waals surface area contributed by atoms with Crippen molar-refractivity contribution in [1.82, 2.24) is 10.3 Å². The Hall–Kier alpha value is -1.61. The summed E-state index contributed by atoms with van der Waals surface area (Å²) in [7, 11) is 0. The lowest BCUT2D eigenvalue weighted by Gasteiger charge is -2.30. The molecule has 1 N–H and O–H groups in total. The highest BCUT2D eigenvalue weighted by molar-refractivity contribution is 6.19. The van der Waals surface area contributed by atoms with Crippen LogP contribution in [0.3, 0.4) is 0 Å². The second-order valence-corrected chi connectivity index (χ2v) is 5.22. The normalized spacial score (nSPS) is 11.6. The minimum absolute atomic E-state index is 0.0899. The van der Waals surface area contributed by atoms with Crippen LogP contribution < -0.4 is 5.32 Å². The molecule has 0 radical (unpaired) electrons. The second-order valence-electron chi connectivity index (χ2n) is 4.95. The number of nitrogens with one attached hydrogen (secondary N) is 1. The van der Waals surface area contributed by atoms with Crippen LogP contribution in [0.2, 0.25) is 0 Å². The fourth-order valence-corrected chi connectivity index (χ4v) is 2.70. The van der Waals surface area contributed by atoms with Gasteiger partial charge in [0.2, 0.25) is 0 Å². The average molecular weight is 291 g/mol. The van der Waals surface area contributed by atoms with Crippen LogP contribution in [0.4, 0.5) is 0 Å². The van der Waals surface area contributed by atoms with Crippen molar-refractivity contribution < 1.29 is 4.79 Å². The Morgan fingerprint density at radius 3 is 2.60 bits per heavy atom. The van der Waals surface area contributed by atoms with Crippen molar-refractivity contribution in [2.45, 2.75) is 32.2 Å². The minimum Gasteiger partial charge on any atom is -0.345 e. The van der Waals surface area contributed by atoms with Gasteiger partial charge in [0.25, 0.3) is 5.91 Å². The predicted octanol–water partition coefficient (Wildman–Crippen LogP) is 3.76. The SMILES string of the molecule is CCC(CC)(CCl)NC(=O)c1ccnc2ccccc12. The molecule has 0 aliphatic carbocycles. The van der Waals surface area contributed by atoms with Gasteiger partial charge in [0, 0.05) is 17.5 Å². The van der Waals surface area contributed by atoms with E-state index in [-0.39, 0.29) is 11.4 Å². The van der Waals surface area contributed by atoms with E-state index in [9.17, 15) is 4.79 Å². The van der Waals surface area contributed by atoms with E-state index in [4.69, 9.17) is 11.6 Å². The number of carbonyl (C=O) groups is 1. The highest BCUT2D eigenvalue weighted by atomic mass is 35.5. The molecule has 0 spiro atoms. The molecular formula is C16H19ClN2O. The molecule has 0 saturated heterocycles. The van der Waals surface area contributed by atoms with Crippen LogP contribution in [0, 0.1) is 0 Å². The first-order valence-electron chi connectivity index (χ1n) is 6.88. The Balaban J connectivity index is 2.37. The Morgan fingerprint density at radius 2 is 1.95 bits per heavy atom. The number of fused-ring (bicyclic) bond motifs is 1. The van der Waals surface area contributed by atoms with Crippen molar-refractivity contribution in [3.05, 3.63) is 42.1 Å². The Labute approximate surface area is 124 Å². The van der Waals surface area contributed by atoms with Crippen LogP contribution in [0.15, 0.2) is 36.5 Å². The summed E-state index contributed by atoms with van der Waals surface area (Å²) >= 11 is 6.05. The standard InChI is InChI=1S/C16H19ClN2O/c1-3-16(4-2,11-17)19-15(20)13-9-10-18-14-8-6-5-7-12(13)14/h5-10H,3-4,11H2,1-2H3,(H,19,20). The third-order valence-electron chi connectivity index (χ3n) is 3.88. The zero-order chi connectivity index (χ0) is 14.6. The van der Waals surface area contributed by atoms with E-state index in [1.54, 1.807) is 12.3 Å². The first kappa shape index (κ1) is 14.8. The van der Waals surface area contributed by atoms with Gasteiger partial charge in [-0.1, -0.05) is 32.0 Å². The van der Waals surface area contributed by atoms with Gasteiger partial charge in [-0.05, 0) is 25.0 Å². The Kier molecular flexibility index (Phi) is 4.61. The van der Waals surface area contributed by atoms with E-state index in [0.29, 0.717) is 11.4 Å². The number of pyridine rings is 1. The van der Waals surface area contributed by atoms with E-state index < -0.39 is 0 Å². The van der Waals surface area contributed by atoms with Gasteiger partial charge >= 0.3 is 0 Å². The lowest BCUT2D eigenvalue weighted by Crippen LogP contribution is -2.49. The van der Waals surface area contributed by atoms with Gasteiger partial charge in [-0.15, -0.1) is 11.6 Å². The third-order valence-corrected chi connectivity index (χ3v) is 4.39. The molecule has 0 aliphatic rings. The third kappa shape index (κ3) is 2.78. The topological polar surface area (TPSA) is 42.0 Å². The molecule has 1 aromatic carbocycles. The van der Waals surface area contributed by atoms with Crippen molar-refractivity contribution in [2.75, 3.05) is 5.88 Å². The van der Waals surface area contributed by atoms with Crippen molar-refractivity contribution in [3.63, 3.8) is 0 Å². The summed E-state index contributed by atoms with van der Waals surface area (Å²) in [4.78, 5) is 16.8. The number of carbonyl (C=O) groups excluding carboxylic acids is 1. The molecule has 2 rings (SSSR count). The van der Waals surface area contributed by atoms with Gasteiger partial charge in [0.05, 0.1) is 16.6 Å². The fraction of sp³-hybridized carbons (Fsp3) is 0.375. The van der Waals surface area contributed by atoms with Crippen LogP contribution in [0.25, 0.3) is 10.9 Å². The van der Waals surface area contributed by atoms with Crippen LogP contribution >= 0.6 is 11.6 Å². The van der Waals surface area contributed by atoms with Crippen molar-refractivity contribution in [1.29, 1.82) is 0 Å². The largest absolute Gasteiger partial charge is 0.345 e. The molecule has 1 amide bonds. The number of aromatic nitrogens is 1. The molecule has 0 unspecified atom stereocenters. The van der Waals surface area contributed by atoms with Gasteiger partial charge in [-0.3, -0.25) is 9.78 Å². The monoisotopic (exact) mass is 290 g/mol. The van der Waals surface area contributed by atoms with Gasteiger partial charge in [0.15, 0.2) is 0 Å². The molecule has 2 aromatic rings. The van der Waals surface area contributed by atoms with Gasteiger partial charge in [0.1, 0.15) is 0 Å². The summed E-state index contributed by atoms with van der Waals surface area (Å²) < 4.78 is 0. The van der Waals surface area contributed by atoms with Gasteiger partial charge in [-0.2, -0.15) is 0 Å². The second kappa shape index (κ2) is 6.23. The van der Waals surface area contributed by atoms with Crippen LogP contribution in [0.5, 0.6) is 0 Å². The summed E-state index contributed by atoms with van der Waals surface area (Å²) in [6.45, 7) is 4.08. The maximum atomic E-state index is 12.6. The summed E-state index contributed by atoms with van der Waals surface area (Å²) in [6, 6.07) is 9.40. The van der Waals surface area contributed by atoms with Gasteiger partial charge in [-0.25, -0.2) is 0 Å². The zero-order valence-corrected chi connectivity index (χ0v) is 12.6. The van der Waals surface area contributed by atoms with E-state index in [2.05, 4.69) is 10.3 Å². The average Bonchev–Trinajstić information content (AvgIpc) is 2.52. The predicted molar refractivity (Wildman–Crippen MR) is 83.2 cm³/mol. The number of hydrogen-bond donors (Lipinski definition) is 1. The van der Waals surface area contributed by atoms with E-state index in [1.807, 2.05) is 38.1 Å². The number of amides is 1. The quantitative estimate of drug-likeness (QED) is 0.852. The molecule has 0 atom stereocenters. The number of nitrogens with zero attached hydrogens (tertiary/aromatic N) is 1. The molecule has 0 saturated carbocycles. The Morgan fingerprint density at radius 1 is 1.25 bits per heavy atom. The number of rotatable bonds is 5. The Bertz CT molecular complexity index is 595. The van der Waals surface area contributed by atoms with Crippen LogP contribution in [0.1, 0.15) is 37.0 Å². The maximum Gasteiger partial charge on any atom is 0.252 e. The summed E-state index contributed by atoms with van der Waals surface area (Å²) in [6.07, 6.45) is 3.28. The molecule has 106 valence electrons. The van der Waals surface area contributed by atoms with E-state index in [0.717, 1.165) is 23.7 Å². The molecular weight excluding hydrogens is 272 g/mol. The van der Waals surface area contributed by atoms with Crippen molar-refractivity contribution in [3.8, 4) is 0 Å². The molecule has 0 fully saturated rings. The van der Waals surface area contributed by atoms with Crippen LogP contribution in [-0.2, 0) is 0 Å². The number of halogens is 1. The van der Waals surface area contributed by atoms with Crippen LogP contribution in [-0.4, -0.2) is 22.3 Å². The summed E-state index contributed by atoms with van der Waals surface area (Å²) in [5.41, 5.74) is 1.12. The van der Waals surface area contributed by atoms with E-state index in [1.165, 1.54) is 0 Å². The number of para-hydroxylation sites is 1. The summed E-state index contributed by atoms with van der Waals surface area (Å²) in [5, 5.41) is 3.95. The smallest absolute Gasteiger partial charge is 0.252 e. The number of benzene rings is 1. The summed E-state index contributed by atoms with van der Waals surface area (Å²) in [5.74, 6) is 0.322. The fourth-order valence-electron chi connectivity index (χ4n) is 2.25. The first-order chi connectivity index (χ1) is 9.65. The minimum atomic E-state index is -0.344. The first-order valence-corrected chi connectivity index (χ1v) is 7.41.